The highest BCUT2D eigenvalue weighted by atomic mass is 16.2. The molecule has 0 atom stereocenters. The first-order chi connectivity index (χ1) is 11.6. The van der Waals surface area contributed by atoms with Gasteiger partial charge in [-0.15, -0.1) is 0 Å². The Labute approximate surface area is 145 Å². The van der Waals surface area contributed by atoms with Gasteiger partial charge in [-0.25, -0.2) is 0 Å². The van der Waals surface area contributed by atoms with Crippen LogP contribution < -0.4 is 10.6 Å². The number of carbonyl (C=O) groups excluding carboxylic acids is 2. The molecule has 0 fully saturated rings. The van der Waals surface area contributed by atoms with Crippen molar-refractivity contribution in [2.24, 2.45) is 0 Å². The van der Waals surface area contributed by atoms with Gasteiger partial charge in [0.2, 0.25) is 5.91 Å². The topological polar surface area (TPSA) is 61.4 Å². The lowest BCUT2D eigenvalue weighted by Crippen LogP contribution is -2.32. The molecule has 2 amide bonds. The van der Waals surface area contributed by atoms with Gasteiger partial charge in [-0.2, -0.15) is 0 Å². The molecule has 1 aromatic rings. The molecule has 0 saturated carbocycles. The largest absolute Gasteiger partial charge is 0.339 e. The van der Waals surface area contributed by atoms with Gasteiger partial charge in [0.15, 0.2) is 0 Å². The van der Waals surface area contributed by atoms with Crippen molar-refractivity contribution >= 4 is 17.5 Å². The van der Waals surface area contributed by atoms with Gasteiger partial charge in [0.05, 0.1) is 6.54 Å². The van der Waals surface area contributed by atoms with Crippen molar-refractivity contribution in [3.05, 3.63) is 29.8 Å². The molecule has 0 aliphatic heterocycles. The average molecular weight is 333 g/mol. The van der Waals surface area contributed by atoms with Gasteiger partial charge >= 0.3 is 0 Å². The highest BCUT2D eigenvalue weighted by Crippen LogP contribution is 2.13. The number of unbranched alkanes of at least 4 members (excludes halogenated alkanes) is 1. The van der Waals surface area contributed by atoms with Crippen LogP contribution >= 0.6 is 0 Å². The van der Waals surface area contributed by atoms with E-state index in [1.54, 1.807) is 12.1 Å². The minimum Gasteiger partial charge on any atom is -0.339 e. The summed E-state index contributed by atoms with van der Waals surface area (Å²) < 4.78 is 0. The van der Waals surface area contributed by atoms with E-state index in [1.165, 1.54) is 0 Å². The SMILES string of the molecule is CCCCNCC(=O)Nc1cccc(C(=O)N(CCC)CCC)c1. The standard InChI is InChI=1S/C19H31N3O2/c1-4-7-11-20-15-18(23)21-17-10-8-9-16(14-17)19(24)22(12-5-2)13-6-3/h8-10,14,20H,4-7,11-13,15H2,1-3H3,(H,21,23). The highest BCUT2D eigenvalue weighted by Gasteiger charge is 2.14. The molecule has 5 nitrogen and oxygen atoms in total. The van der Waals surface area contributed by atoms with E-state index in [1.807, 2.05) is 17.0 Å². The average Bonchev–Trinajstić information content (AvgIpc) is 2.58. The Kier molecular flexibility index (Phi) is 9.77. The van der Waals surface area contributed by atoms with E-state index >= 15 is 0 Å². The van der Waals surface area contributed by atoms with Crippen LogP contribution in [0.15, 0.2) is 24.3 Å². The first-order valence-corrected chi connectivity index (χ1v) is 9.02. The molecule has 0 aromatic heterocycles. The molecular weight excluding hydrogens is 302 g/mol. The monoisotopic (exact) mass is 333 g/mol. The van der Waals surface area contributed by atoms with E-state index in [9.17, 15) is 9.59 Å². The van der Waals surface area contributed by atoms with Crippen LogP contribution in [0.3, 0.4) is 0 Å². The van der Waals surface area contributed by atoms with Crippen LogP contribution in [0.4, 0.5) is 5.69 Å². The molecule has 2 N–H and O–H groups in total. The number of amides is 2. The minimum absolute atomic E-state index is 0.0240. The molecule has 0 bridgehead atoms. The lowest BCUT2D eigenvalue weighted by molar-refractivity contribution is -0.115. The smallest absolute Gasteiger partial charge is 0.253 e. The van der Waals surface area contributed by atoms with Crippen molar-refractivity contribution in [2.75, 3.05) is 31.5 Å². The van der Waals surface area contributed by atoms with Gasteiger partial charge in [-0.3, -0.25) is 9.59 Å². The first kappa shape index (κ1) is 20.2. The van der Waals surface area contributed by atoms with Crippen molar-refractivity contribution in [3.8, 4) is 0 Å². The molecule has 5 heteroatoms. The summed E-state index contributed by atoms with van der Waals surface area (Å²) in [4.78, 5) is 26.4. The van der Waals surface area contributed by atoms with Crippen molar-refractivity contribution in [1.29, 1.82) is 0 Å². The van der Waals surface area contributed by atoms with Crippen molar-refractivity contribution in [1.82, 2.24) is 10.2 Å². The molecule has 24 heavy (non-hydrogen) atoms. The van der Waals surface area contributed by atoms with Crippen molar-refractivity contribution in [2.45, 2.75) is 46.5 Å². The summed E-state index contributed by atoms with van der Waals surface area (Å²) in [6.07, 6.45) is 4.03. The second kappa shape index (κ2) is 11.6. The van der Waals surface area contributed by atoms with Gasteiger partial charge in [0, 0.05) is 24.3 Å². The molecule has 0 spiro atoms. The Morgan fingerprint density at radius 2 is 1.75 bits per heavy atom. The molecule has 0 aliphatic carbocycles. The Balaban J connectivity index is 2.65. The quantitative estimate of drug-likeness (QED) is 0.611. The summed E-state index contributed by atoms with van der Waals surface area (Å²) in [5.74, 6) is -0.0643. The Morgan fingerprint density at radius 3 is 2.38 bits per heavy atom. The van der Waals surface area contributed by atoms with Gasteiger partial charge < -0.3 is 15.5 Å². The van der Waals surface area contributed by atoms with Gasteiger partial charge in [0.1, 0.15) is 0 Å². The van der Waals surface area contributed by atoms with E-state index < -0.39 is 0 Å². The Hall–Kier alpha value is -1.88. The fourth-order valence-corrected chi connectivity index (χ4v) is 2.48. The van der Waals surface area contributed by atoms with E-state index in [-0.39, 0.29) is 18.4 Å². The molecule has 0 aliphatic rings. The lowest BCUT2D eigenvalue weighted by atomic mass is 10.1. The maximum atomic E-state index is 12.6. The van der Waals surface area contributed by atoms with Gasteiger partial charge in [-0.1, -0.05) is 33.3 Å². The first-order valence-electron chi connectivity index (χ1n) is 9.02. The number of hydrogen-bond acceptors (Lipinski definition) is 3. The fraction of sp³-hybridized carbons (Fsp3) is 0.579. The Morgan fingerprint density at radius 1 is 1.04 bits per heavy atom. The molecule has 1 rings (SSSR count). The number of benzene rings is 1. The molecule has 134 valence electrons. The summed E-state index contributed by atoms with van der Waals surface area (Å²) in [5.41, 5.74) is 1.28. The number of carbonyl (C=O) groups is 2. The van der Waals surface area contributed by atoms with E-state index in [0.717, 1.165) is 45.3 Å². The molecule has 0 heterocycles. The number of hydrogen-bond donors (Lipinski definition) is 2. The summed E-state index contributed by atoms with van der Waals surface area (Å²) in [5, 5.41) is 5.95. The highest BCUT2D eigenvalue weighted by molar-refractivity contribution is 5.97. The Bertz CT molecular complexity index is 511. The third-order valence-corrected chi connectivity index (χ3v) is 3.66. The third-order valence-electron chi connectivity index (χ3n) is 3.66. The predicted octanol–water partition coefficient (Wildman–Crippen LogP) is 3.28. The summed E-state index contributed by atoms with van der Waals surface area (Å²) in [7, 11) is 0. The minimum atomic E-state index is -0.0883. The van der Waals surface area contributed by atoms with Crippen LogP contribution in [0.5, 0.6) is 0 Å². The normalized spacial score (nSPS) is 10.5. The second-order valence-electron chi connectivity index (χ2n) is 5.95. The lowest BCUT2D eigenvalue weighted by Gasteiger charge is -2.21. The number of anilines is 1. The van der Waals surface area contributed by atoms with E-state index in [2.05, 4.69) is 31.4 Å². The zero-order chi connectivity index (χ0) is 17.8. The number of rotatable bonds is 11. The maximum absolute atomic E-state index is 12.6. The van der Waals surface area contributed by atoms with Crippen molar-refractivity contribution < 1.29 is 9.59 Å². The van der Waals surface area contributed by atoms with E-state index in [4.69, 9.17) is 0 Å². The summed E-state index contributed by atoms with van der Waals surface area (Å²) in [6.45, 7) is 8.89. The maximum Gasteiger partial charge on any atom is 0.253 e. The van der Waals surface area contributed by atoms with Crippen LogP contribution in [0, 0.1) is 0 Å². The zero-order valence-corrected chi connectivity index (χ0v) is 15.2. The van der Waals surface area contributed by atoms with E-state index in [0.29, 0.717) is 11.3 Å². The van der Waals surface area contributed by atoms with Crippen molar-refractivity contribution in [3.63, 3.8) is 0 Å². The molecule has 0 unspecified atom stereocenters. The number of nitrogens with zero attached hydrogens (tertiary/aromatic N) is 1. The van der Waals surface area contributed by atoms with Crippen LogP contribution in [0.2, 0.25) is 0 Å². The van der Waals surface area contributed by atoms with Crippen LogP contribution in [0.25, 0.3) is 0 Å². The van der Waals surface area contributed by atoms with Crippen LogP contribution in [-0.4, -0.2) is 42.9 Å². The number of nitrogens with one attached hydrogen (secondary N) is 2. The molecule has 1 aromatic carbocycles. The molecule has 0 radical (unpaired) electrons. The van der Waals surface area contributed by atoms with Gasteiger partial charge in [-0.05, 0) is 44.0 Å². The van der Waals surface area contributed by atoms with Crippen LogP contribution in [-0.2, 0) is 4.79 Å². The fourth-order valence-electron chi connectivity index (χ4n) is 2.48. The third kappa shape index (κ3) is 7.13. The molecular formula is C19H31N3O2. The summed E-state index contributed by atoms with van der Waals surface area (Å²) >= 11 is 0. The predicted molar refractivity (Wildman–Crippen MR) is 99.3 cm³/mol. The zero-order valence-electron chi connectivity index (χ0n) is 15.2. The van der Waals surface area contributed by atoms with Gasteiger partial charge in [0.25, 0.3) is 5.91 Å². The second-order valence-corrected chi connectivity index (χ2v) is 5.95. The van der Waals surface area contributed by atoms with Crippen LogP contribution in [0.1, 0.15) is 56.8 Å². The summed E-state index contributed by atoms with van der Waals surface area (Å²) in [6, 6.07) is 7.18. The molecule has 0 saturated heterocycles.